The second-order valence-electron chi connectivity index (χ2n) is 4.68. The van der Waals surface area contributed by atoms with Gasteiger partial charge in [-0.1, -0.05) is 13.8 Å². The van der Waals surface area contributed by atoms with Gasteiger partial charge < -0.3 is 10.1 Å². The molecule has 0 aliphatic carbocycles. The van der Waals surface area contributed by atoms with Crippen molar-refractivity contribution in [3.8, 4) is 0 Å². The molecule has 2 atom stereocenters. The van der Waals surface area contributed by atoms with Gasteiger partial charge in [-0.05, 0) is 12.5 Å². The van der Waals surface area contributed by atoms with Gasteiger partial charge in [-0.2, -0.15) is 0 Å². The van der Waals surface area contributed by atoms with Crippen molar-refractivity contribution in [3.05, 3.63) is 44.5 Å². The first-order valence-corrected chi connectivity index (χ1v) is 6.29. The van der Waals surface area contributed by atoms with Crippen LogP contribution in [0, 0.1) is 10.1 Å². The molecule has 2 N–H and O–H groups in total. The Balaban J connectivity index is 2.72. The number of nitro benzene ring substituents is 1. The van der Waals surface area contributed by atoms with Crippen LogP contribution in [0.3, 0.4) is 0 Å². The summed E-state index contributed by atoms with van der Waals surface area (Å²) in [5.74, 6) is -0.411. The highest BCUT2D eigenvalue weighted by atomic mass is 16.6. The summed E-state index contributed by atoms with van der Waals surface area (Å²) in [6.45, 7) is 3.52. The Hall–Kier alpha value is -2.28. The van der Waals surface area contributed by atoms with Crippen LogP contribution in [0.1, 0.15) is 31.7 Å². The van der Waals surface area contributed by atoms with Crippen LogP contribution in [0.2, 0.25) is 0 Å². The summed E-state index contributed by atoms with van der Waals surface area (Å²) in [6.07, 6.45) is 1.05. The van der Waals surface area contributed by atoms with Crippen LogP contribution in [0.15, 0.2) is 23.3 Å². The van der Waals surface area contributed by atoms with Crippen molar-refractivity contribution in [1.82, 2.24) is 9.97 Å². The van der Waals surface area contributed by atoms with Crippen molar-refractivity contribution in [1.29, 1.82) is 0 Å². The van der Waals surface area contributed by atoms with Crippen molar-refractivity contribution >= 4 is 16.6 Å². The van der Waals surface area contributed by atoms with E-state index < -0.39 is 22.5 Å². The predicted molar refractivity (Wildman–Crippen MR) is 73.7 cm³/mol. The lowest BCUT2D eigenvalue weighted by Gasteiger charge is -2.17. The molecule has 0 aliphatic rings. The molecule has 1 aromatic carbocycles. The van der Waals surface area contributed by atoms with Crippen LogP contribution in [-0.4, -0.2) is 26.1 Å². The summed E-state index contributed by atoms with van der Waals surface area (Å²) in [5.41, 5.74) is 0.170. The maximum atomic E-state index is 11.7. The first kappa shape index (κ1) is 14.1. The Kier molecular flexibility index (Phi) is 3.80. The highest BCUT2D eigenvalue weighted by molar-refractivity contribution is 5.81. The second-order valence-corrected chi connectivity index (χ2v) is 4.68. The van der Waals surface area contributed by atoms with Gasteiger partial charge in [0.05, 0.1) is 28.3 Å². The van der Waals surface area contributed by atoms with E-state index in [1.807, 2.05) is 0 Å². The molecule has 2 unspecified atom stereocenters. The predicted octanol–water partition coefficient (Wildman–Crippen LogP) is 1.71. The van der Waals surface area contributed by atoms with Gasteiger partial charge in [0.2, 0.25) is 0 Å². The molecule has 0 saturated heterocycles. The summed E-state index contributed by atoms with van der Waals surface area (Å²) < 4.78 is 0. The molecule has 1 aromatic heterocycles. The highest BCUT2D eigenvalue weighted by Gasteiger charge is 2.25. The summed E-state index contributed by atoms with van der Waals surface area (Å²) in [4.78, 5) is 28.7. The third-order valence-corrected chi connectivity index (χ3v) is 3.47. The number of aromatic nitrogens is 2. The van der Waals surface area contributed by atoms with E-state index >= 15 is 0 Å². The molecule has 0 amide bonds. The molecular formula is C13H15N3O4. The quantitative estimate of drug-likeness (QED) is 0.653. The Morgan fingerprint density at radius 1 is 1.50 bits per heavy atom. The van der Waals surface area contributed by atoms with Crippen LogP contribution in [0.4, 0.5) is 5.69 Å². The zero-order chi connectivity index (χ0) is 14.9. The number of nitrogens with one attached hydrogen (secondary N) is 1. The summed E-state index contributed by atoms with van der Waals surface area (Å²) in [6, 6.07) is 2.72. The van der Waals surface area contributed by atoms with Gasteiger partial charge in [-0.15, -0.1) is 0 Å². The molecule has 0 saturated carbocycles. The molecule has 2 aromatic rings. The van der Waals surface area contributed by atoms with Gasteiger partial charge >= 0.3 is 0 Å². The lowest BCUT2D eigenvalue weighted by Crippen LogP contribution is -2.16. The number of aliphatic hydroxyl groups excluding tert-OH is 1. The monoisotopic (exact) mass is 277 g/mol. The molecule has 0 aliphatic heterocycles. The van der Waals surface area contributed by atoms with Gasteiger partial charge in [-0.3, -0.25) is 14.9 Å². The first-order chi connectivity index (χ1) is 9.45. The zero-order valence-electron chi connectivity index (χ0n) is 11.2. The van der Waals surface area contributed by atoms with Crippen molar-refractivity contribution in [3.63, 3.8) is 0 Å². The smallest absolute Gasteiger partial charge is 0.273 e. The van der Waals surface area contributed by atoms with Gasteiger partial charge in [0.15, 0.2) is 0 Å². The number of aliphatic hydroxyl groups is 1. The Labute approximate surface area is 114 Å². The number of nitrogens with zero attached hydrogens (tertiary/aromatic N) is 2. The van der Waals surface area contributed by atoms with E-state index in [9.17, 15) is 20.0 Å². The van der Waals surface area contributed by atoms with Crippen LogP contribution in [-0.2, 0) is 0 Å². The molecule has 7 nitrogen and oxygen atoms in total. The maximum absolute atomic E-state index is 11.7. The van der Waals surface area contributed by atoms with Crippen molar-refractivity contribution in [2.45, 2.75) is 32.3 Å². The molecule has 0 spiro atoms. The SMILES string of the molecule is CCC(O)C(C)c1cc2nc[nH]c(=O)c2cc1[N+](=O)[O-]. The third kappa shape index (κ3) is 2.39. The molecule has 0 fully saturated rings. The number of aromatic amines is 1. The average molecular weight is 277 g/mol. The Morgan fingerprint density at radius 3 is 2.80 bits per heavy atom. The highest BCUT2D eigenvalue weighted by Crippen LogP contribution is 2.32. The van der Waals surface area contributed by atoms with Crippen molar-refractivity contribution in [2.75, 3.05) is 0 Å². The minimum atomic E-state index is -0.687. The maximum Gasteiger partial charge on any atom is 0.273 e. The van der Waals surface area contributed by atoms with E-state index in [4.69, 9.17) is 0 Å². The van der Waals surface area contributed by atoms with Crippen molar-refractivity contribution in [2.24, 2.45) is 0 Å². The van der Waals surface area contributed by atoms with E-state index in [1.54, 1.807) is 13.8 Å². The molecule has 7 heteroatoms. The average Bonchev–Trinajstić information content (AvgIpc) is 2.44. The van der Waals surface area contributed by atoms with E-state index in [2.05, 4.69) is 9.97 Å². The number of rotatable bonds is 4. The van der Waals surface area contributed by atoms with E-state index in [0.29, 0.717) is 17.5 Å². The number of benzene rings is 1. The number of nitro groups is 1. The first-order valence-electron chi connectivity index (χ1n) is 6.29. The summed E-state index contributed by atoms with van der Waals surface area (Å²) >= 11 is 0. The molecule has 106 valence electrons. The van der Waals surface area contributed by atoms with E-state index in [0.717, 1.165) is 0 Å². The van der Waals surface area contributed by atoms with Gasteiger partial charge in [0.25, 0.3) is 11.2 Å². The number of hydrogen-bond donors (Lipinski definition) is 2. The second kappa shape index (κ2) is 5.38. The molecular weight excluding hydrogens is 262 g/mol. The van der Waals surface area contributed by atoms with Gasteiger partial charge in [-0.25, -0.2) is 4.98 Å². The largest absolute Gasteiger partial charge is 0.393 e. The standard InChI is InChI=1S/C13H15N3O4/c1-3-12(17)7(2)8-4-10-9(5-11(8)16(19)20)13(18)15-6-14-10/h4-7,12,17H,3H2,1-2H3,(H,14,15,18). The minimum Gasteiger partial charge on any atom is -0.393 e. The van der Waals surface area contributed by atoms with Crippen molar-refractivity contribution < 1.29 is 10.0 Å². The van der Waals surface area contributed by atoms with Crippen LogP contribution < -0.4 is 5.56 Å². The Morgan fingerprint density at radius 2 is 2.20 bits per heavy atom. The summed E-state index contributed by atoms with van der Waals surface area (Å²) in [7, 11) is 0. The molecule has 0 bridgehead atoms. The Bertz CT molecular complexity index is 710. The van der Waals surface area contributed by atoms with Gasteiger partial charge in [0, 0.05) is 17.5 Å². The van der Waals surface area contributed by atoms with Crippen LogP contribution in [0.25, 0.3) is 10.9 Å². The molecule has 1 heterocycles. The number of fused-ring (bicyclic) bond motifs is 1. The molecule has 20 heavy (non-hydrogen) atoms. The van der Waals surface area contributed by atoms with E-state index in [-0.39, 0.29) is 11.1 Å². The summed E-state index contributed by atoms with van der Waals surface area (Å²) in [5, 5.41) is 21.3. The van der Waals surface area contributed by atoms with Crippen LogP contribution in [0.5, 0.6) is 0 Å². The fourth-order valence-corrected chi connectivity index (χ4v) is 2.20. The number of H-pyrrole nitrogens is 1. The lowest BCUT2D eigenvalue weighted by atomic mass is 9.91. The number of hydrogen-bond acceptors (Lipinski definition) is 5. The van der Waals surface area contributed by atoms with E-state index in [1.165, 1.54) is 18.5 Å². The molecule has 2 rings (SSSR count). The van der Waals surface area contributed by atoms with Gasteiger partial charge in [0.1, 0.15) is 0 Å². The topological polar surface area (TPSA) is 109 Å². The fourth-order valence-electron chi connectivity index (χ4n) is 2.20. The molecule has 0 radical (unpaired) electrons. The fraction of sp³-hybridized carbons (Fsp3) is 0.385. The normalized spacial score (nSPS) is 14.2. The van der Waals surface area contributed by atoms with Crippen LogP contribution >= 0.6 is 0 Å². The lowest BCUT2D eigenvalue weighted by molar-refractivity contribution is -0.385. The minimum absolute atomic E-state index is 0.168. The third-order valence-electron chi connectivity index (χ3n) is 3.47. The zero-order valence-corrected chi connectivity index (χ0v) is 11.2.